The predicted molar refractivity (Wildman–Crippen MR) is 112 cm³/mol. The Hall–Kier alpha value is -2.40. The standard InChI is InChI=1S/C19H16INO6S/c1-11-4-6-14(7-5-11)28(23,24)27-18-16(20)9-13(10-17(18)25-3)8-15-12(2)21-26-19(15)22/h4-10H,1-3H3/b15-8+. The van der Waals surface area contributed by atoms with Gasteiger partial charge in [0, 0.05) is 0 Å². The third kappa shape index (κ3) is 4.20. The first-order chi connectivity index (χ1) is 13.2. The van der Waals surface area contributed by atoms with E-state index in [1.165, 1.54) is 19.2 Å². The van der Waals surface area contributed by atoms with Gasteiger partial charge in [0.25, 0.3) is 0 Å². The molecule has 0 amide bonds. The summed E-state index contributed by atoms with van der Waals surface area (Å²) in [5, 5.41) is 3.63. The third-order valence-corrected chi connectivity index (χ3v) is 5.98. The highest BCUT2D eigenvalue weighted by Gasteiger charge is 2.24. The number of aryl methyl sites for hydroxylation is 1. The number of benzene rings is 2. The lowest BCUT2D eigenvalue weighted by atomic mass is 10.1. The van der Waals surface area contributed by atoms with Crippen LogP contribution in [0.15, 0.2) is 52.0 Å². The van der Waals surface area contributed by atoms with Crippen LogP contribution in [0.3, 0.4) is 0 Å². The van der Waals surface area contributed by atoms with Crippen molar-refractivity contribution in [3.05, 3.63) is 56.7 Å². The van der Waals surface area contributed by atoms with Gasteiger partial charge in [0.1, 0.15) is 4.90 Å². The molecule has 0 aliphatic carbocycles. The number of methoxy groups -OCH3 is 1. The number of ether oxygens (including phenoxy) is 1. The molecule has 0 saturated carbocycles. The molecule has 1 heterocycles. The van der Waals surface area contributed by atoms with Crippen molar-refractivity contribution < 1.29 is 27.0 Å². The van der Waals surface area contributed by atoms with Crippen LogP contribution in [-0.4, -0.2) is 27.2 Å². The summed E-state index contributed by atoms with van der Waals surface area (Å²) in [6.45, 7) is 3.52. The minimum Gasteiger partial charge on any atom is -0.493 e. The first-order valence-corrected chi connectivity index (χ1v) is 10.6. The number of carbonyl (C=O) groups excluding carboxylic acids is 1. The van der Waals surface area contributed by atoms with Gasteiger partial charge in [0.05, 0.1) is 22.0 Å². The average molecular weight is 513 g/mol. The molecule has 0 radical (unpaired) electrons. The van der Waals surface area contributed by atoms with E-state index in [9.17, 15) is 13.2 Å². The van der Waals surface area contributed by atoms with Crippen molar-refractivity contribution >= 4 is 50.5 Å². The first kappa shape index (κ1) is 20.3. The highest BCUT2D eigenvalue weighted by Crippen LogP contribution is 2.36. The van der Waals surface area contributed by atoms with Crippen LogP contribution >= 0.6 is 22.6 Å². The minimum atomic E-state index is -4.03. The normalized spacial score (nSPS) is 15.4. The van der Waals surface area contributed by atoms with Crippen LogP contribution in [0.5, 0.6) is 11.5 Å². The van der Waals surface area contributed by atoms with Gasteiger partial charge in [0.2, 0.25) is 0 Å². The number of oxime groups is 1. The minimum absolute atomic E-state index is 0.0442. The third-order valence-electron chi connectivity index (χ3n) is 3.94. The Morgan fingerprint density at radius 1 is 1.14 bits per heavy atom. The summed E-state index contributed by atoms with van der Waals surface area (Å²) in [6.07, 6.45) is 1.59. The van der Waals surface area contributed by atoms with E-state index in [0.717, 1.165) is 5.56 Å². The van der Waals surface area contributed by atoms with Crippen molar-refractivity contribution in [2.45, 2.75) is 18.7 Å². The maximum atomic E-state index is 12.6. The molecule has 0 aromatic heterocycles. The Bertz CT molecular complexity index is 1100. The molecule has 0 spiro atoms. The average Bonchev–Trinajstić information content (AvgIpc) is 2.96. The molecule has 7 nitrogen and oxygen atoms in total. The summed E-state index contributed by atoms with van der Waals surface area (Å²) in [4.78, 5) is 16.4. The van der Waals surface area contributed by atoms with E-state index in [1.807, 2.05) is 29.5 Å². The molecule has 9 heteroatoms. The van der Waals surface area contributed by atoms with Crippen molar-refractivity contribution in [1.82, 2.24) is 0 Å². The number of hydrogen-bond acceptors (Lipinski definition) is 7. The van der Waals surface area contributed by atoms with E-state index in [0.29, 0.717) is 20.4 Å². The van der Waals surface area contributed by atoms with Gasteiger partial charge in [-0.3, -0.25) is 0 Å². The molecule has 0 N–H and O–H groups in total. The summed E-state index contributed by atoms with van der Waals surface area (Å²) < 4.78 is 36.4. The van der Waals surface area contributed by atoms with Crippen LogP contribution in [0.2, 0.25) is 0 Å². The Kier molecular flexibility index (Phi) is 5.75. The van der Waals surface area contributed by atoms with E-state index < -0.39 is 16.1 Å². The Labute approximate surface area is 176 Å². The number of rotatable bonds is 5. The fourth-order valence-corrected chi connectivity index (χ4v) is 4.29. The molecule has 1 aliphatic heterocycles. The van der Waals surface area contributed by atoms with Crippen LogP contribution in [0.4, 0.5) is 0 Å². The van der Waals surface area contributed by atoms with Gasteiger partial charge in [-0.25, -0.2) is 4.79 Å². The van der Waals surface area contributed by atoms with E-state index in [-0.39, 0.29) is 16.4 Å². The summed E-state index contributed by atoms with van der Waals surface area (Å²) in [6, 6.07) is 9.60. The zero-order chi connectivity index (χ0) is 20.5. The van der Waals surface area contributed by atoms with E-state index in [2.05, 4.69) is 9.99 Å². The zero-order valence-electron chi connectivity index (χ0n) is 15.2. The SMILES string of the molecule is COc1cc(/C=C2/C(=O)ON=C2C)cc(I)c1OS(=O)(=O)c1ccc(C)cc1. The zero-order valence-corrected chi connectivity index (χ0v) is 18.2. The van der Waals surface area contributed by atoms with E-state index in [4.69, 9.17) is 8.92 Å². The molecule has 3 rings (SSSR count). The monoisotopic (exact) mass is 513 g/mol. The summed E-state index contributed by atoms with van der Waals surface area (Å²) in [7, 11) is -2.62. The van der Waals surface area contributed by atoms with Crippen LogP contribution in [0.1, 0.15) is 18.1 Å². The fraction of sp³-hybridized carbons (Fsp3) is 0.158. The quantitative estimate of drug-likeness (QED) is 0.262. The molecule has 0 bridgehead atoms. The Morgan fingerprint density at radius 2 is 1.82 bits per heavy atom. The van der Waals surface area contributed by atoms with Gasteiger partial charge in [-0.15, -0.1) is 0 Å². The van der Waals surface area contributed by atoms with Crippen molar-refractivity contribution in [3.63, 3.8) is 0 Å². The summed E-state index contributed by atoms with van der Waals surface area (Å²) in [5.41, 5.74) is 2.33. The van der Waals surface area contributed by atoms with Crippen molar-refractivity contribution in [1.29, 1.82) is 0 Å². The summed E-state index contributed by atoms with van der Waals surface area (Å²) in [5.74, 6) is -0.255. The highest BCUT2D eigenvalue weighted by molar-refractivity contribution is 14.1. The number of carbonyl (C=O) groups is 1. The molecule has 0 unspecified atom stereocenters. The molecule has 2 aromatic rings. The summed E-state index contributed by atoms with van der Waals surface area (Å²) >= 11 is 1.95. The second kappa shape index (κ2) is 7.92. The highest BCUT2D eigenvalue weighted by atomic mass is 127. The van der Waals surface area contributed by atoms with Crippen molar-refractivity contribution in [3.8, 4) is 11.5 Å². The molecular formula is C19H16INO6S. The molecule has 1 aliphatic rings. The van der Waals surface area contributed by atoms with Crippen molar-refractivity contribution in [2.75, 3.05) is 7.11 Å². The lowest BCUT2D eigenvalue weighted by molar-refractivity contribution is -0.136. The van der Waals surface area contributed by atoms with Gasteiger partial charge < -0.3 is 13.8 Å². The van der Waals surface area contributed by atoms with Gasteiger partial charge in [-0.1, -0.05) is 22.9 Å². The Balaban J connectivity index is 1.99. The van der Waals surface area contributed by atoms with Crippen molar-refractivity contribution in [2.24, 2.45) is 5.16 Å². The second-order valence-corrected chi connectivity index (χ2v) is 8.71. The fourth-order valence-electron chi connectivity index (χ4n) is 2.45. The van der Waals surface area contributed by atoms with Gasteiger partial charge >= 0.3 is 16.1 Å². The molecule has 0 atom stereocenters. The van der Waals surface area contributed by atoms with Crippen LogP contribution < -0.4 is 8.92 Å². The molecule has 2 aromatic carbocycles. The molecule has 0 fully saturated rings. The lowest BCUT2D eigenvalue weighted by Gasteiger charge is -2.13. The van der Waals surface area contributed by atoms with Gasteiger partial charge in [-0.05, 0) is 72.3 Å². The van der Waals surface area contributed by atoms with Gasteiger partial charge in [-0.2, -0.15) is 8.42 Å². The smallest absolute Gasteiger partial charge is 0.367 e. The largest absolute Gasteiger partial charge is 0.493 e. The lowest BCUT2D eigenvalue weighted by Crippen LogP contribution is -2.11. The van der Waals surface area contributed by atoms with E-state index in [1.54, 1.807) is 37.3 Å². The predicted octanol–water partition coefficient (Wildman–Crippen LogP) is 3.69. The molecule has 28 heavy (non-hydrogen) atoms. The van der Waals surface area contributed by atoms with Crippen LogP contribution in [0.25, 0.3) is 6.08 Å². The van der Waals surface area contributed by atoms with Crippen LogP contribution in [0, 0.1) is 10.5 Å². The topological polar surface area (TPSA) is 91.3 Å². The number of halogens is 1. The molecule has 146 valence electrons. The maximum absolute atomic E-state index is 12.6. The first-order valence-electron chi connectivity index (χ1n) is 8.08. The second-order valence-electron chi connectivity index (χ2n) is 6.00. The maximum Gasteiger partial charge on any atom is 0.367 e. The number of hydrogen-bond donors (Lipinski definition) is 0. The Morgan fingerprint density at radius 3 is 2.39 bits per heavy atom. The van der Waals surface area contributed by atoms with Crippen LogP contribution in [-0.2, 0) is 19.8 Å². The van der Waals surface area contributed by atoms with Gasteiger partial charge in [0.15, 0.2) is 11.5 Å². The molecule has 0 saturated heterocycles. The molecular weight excluding hydrogens is 497 g/mol. The number of nitrogens with zero attached hydrogens (tertiary/aromatic N) is 1. The van der Waals surface area contributed by atoms with E-state index >= 15 is 0 Å².